The van der Waals surface area contributed by atoms with Crippen LogP contribution in [0.25, 0.3) is 0 Å². The first kappa shape index (κ1) is 21.0. The van der Waals surface area contributed by atoms with E-state index >= 15 is 0 Å². The molecule has 3 aromatic rings. The molecule has 0 bridgehead atoms. The number of rotatable bonds is 6. The number of nitrogens with zero attached hydrogens (tertiary/aromatic N) is 1. The highest BCUT2D eigenvalue weighted by molar-refractivity contribution is 5.52. The van der Waals surface area contributed by atoms with Crippen LogP contribution in [0.5, 0.6) is 34.5 Å². The fraction of sp³-hybridized carbons (Fsp3) is 0.333. The van der Waals surface area contributed by atoms with Crippen molar-refractivity contribution >= 4 is 0 Å². The Morgan fingerprint density at radius 2 is 0.882 bits per heavy atom. The summed E-state index contributed by atoms with van der Waals surface area (Å²) in [6.45, 7) is 7.66. The van der Waals surface area contributed by atoms with E-state index < -0.39 is 18.7 Å². The summed E-state index contributed by atoms with van der Waals surface area (Å²) in [6, 6.07) is 17.6. The predicted octanol–water partition coefficient (Wildman–Crippen LogP) is 5.76. The lowest BCUT2D eigenvalue weighted by molar-refractivity contribution is -0.202. The van der Waals surface area contributed by atoms with Crippen LogP contribution in [0.2, 0.25) is 0 Å². The van der Waals surface area contributed by atoms with Crippen molar-refractivity contribution in [1.29, 1.82) is 0 Å². The van der Waals surface area contributed by atoms with E-state index in [0.29, 0.717) is 19.8 Å². The fourth-order valence-electron chi connectivity index (χ4n) is 4.83. The summed E-state index contributed by atoms with van der Waals surface area (Å²) in [5.74, 6) is 4.61. The van der Waals surface area contributed by atoms with E-state index in [4.69, 9.17) is 28.4 Å². The van der Waals surface area contributed by atoms with Crippen molar-refractivity contribution in [2.45, 2.75) is 39.5 Å². The van der Waals surface area contributed by atoms with Gasteiger partial charge in [-0.1, -0.05) is 0 Å². The minimum atomic E-state index is -0.409. The van der Waals surface area contributed by atoms with E-state index in [0.717, 1.165) is 51.2 Å². The highest BCUT2D eigenvalue weighted by atomic mass is 16.6. The molecule has 0 radical (unpaired) electrons. The number of hydrogen-bond acceptors (Lipinski definition) is 7. The molecular weight excluding hydrogens is 434 g/mol. The van der Waals surface area contributed by atoms with Gasteiger partial charge in [0.05, 0.1) is 36.5 Å². The van der Waals surface area contributed by atoms with Gasteiger partial charge < -0.3 is 28.4 Å². The van der Waals surface area contributed by atoms with Crippen molar-refractivity contribution in [3.8, 4) is 34.5 Å². The Hall–Kier alpha value is -3.58. The molecule has 0 fully saturated rings. The maximum atomic E-state index is 6.58. The van der Waals surface area contributed by atoms with Gasteiger partial charge in [-0.05, 0) is 75.4 Å². The molecule has 0 saturated carbocycles. The lowest BCUT2D eigenvalue weighted by Crippen LogP contribution is -2.50. The molecule has 7 nitrogen and oxygen atoms in total. The standard InChI is InChI=1S/C27H27NO6/c1-4-29-16-7-10-22-19(13-16)25-28-26(32-22)21-15-18(31-6-3)9-12-24(21)34-27(28)20-14-17(30-5-2)8-11-23(20)33-25/h7-15,25-27H,4-6H2,1-3H3/t25-,26-,27+/m1/s1. The topological polar surface area (TPSA) is 58.6 Å². The Morgan fingerprint density at radius 3 is 1.18 bits per heavy atom. The average Bonchev–Trinajstić information content (AvgIpc) is 2.85. The Kier molecular flexibility index (Phi) is 5.14. The molecule has 0 spiro atoms. The number of hydrogen-bond donors (Lipinski definition) is 0. The summed E-state index contributed by atoms with van der Waals surface area (Å²) in [7, 11) is 0. The van der Waals surface area contributed by atoms with Gasteiger partial charge in [-0.15, -0.1) is 0 Å². The molecule has 0 amide bonds. The van der Waals surface area contributed by atoms with Gasteiger partial charge in [-0.2, -0.15) is 4.90 Å². The Morgan fingerprint density at radius 1 is 0.559 bits per heavy atom. The van der Waals surface area contributed by atoms with Gasteiger partial charge in [0.2, 0.25) is 0 Å². The van der Waals surface area contributed by atoms with Crippen LogP contribution in [0.3, 0.4) is 0 Å². The zero-order chi connectivity index (χ0) is 23.2. The van der Waals surface area contributed by atoms with E-state index in [9.17, 15) is 0 Å². The molecule has 7 heteroatoms. The number of benzene rings is 3. The van der Waals surface area contributed by atoms with Crippen LogP contribution in [-0.2, 0) is 0 Å². The summed E-state index contributed by atoms with van der Waals surface area (Å²) in [6.07, 6.45) is -1.23. The third-order valence-electron chi connectivity index (χ3n) is 6.20. The van der Waals surface area contributed by atoms with Gasteiger partial charge in [-0.3, -0.25) is 0 Å². The molecule has 0 saturated heterocycles. The van der Waals surface area contributed by atoms with Crippen molar-refractivity contribution in [3.05, 3.63) is 71.3 Å². The number of fused-ring (bicyclic) bond motifs is 6. The zero-order valence-corrected chi connectivity index (χ0v) is 19.4. The quantitative estimate of drug-likeness (QED) is 0.463. The lowest BCUT2D eigenvalue weighted by atomic mass is 9.98. The Bertz CT molecular complexity index is 1080. The van der Waals surface area contributed by atoms with Gasteiger partial charge in [-0.25, -0.2) is 0 Å². The first-order chi connectivity index (χ1) is 16.7. The molecule has 3 heterocycles. The summed E-state index contributed by atoms with van der Waals surface area (Å²) in [5.41, 5.74) is 2.71. The summed E-state index contributed by atoms with van der Waals surface area (Å²) >= 11 is 0. The second-order valence-corrected chi connectivity index (χ2v) is 8.26. The molecule has 6 rings (SSSR count). The molecular formula is C27H27NO6. The molecule has 34 heavy (non-hydrogen) atoms. The molecule has 0 aromatic heterocycles. The van der Waals surface area contributed by atoms with E-state index in [1.54, 1.807) is 0 Å². The molecule has 3 aromatic carbocycles. The third-order valence-corrected chi connectivity index (χ3v) is 6.20. The van der Waals surface area contributed by atoms with Gasteiger partial charge in [0.1, 0.15) is 34.5 Å². The van der Waals surface area contributed by atoms with E-state index in [1.807, 2.05) is 75.4 Å². The Labute approximate surface area is 198 Å². The monoisotopic (exact) mass is 461 g/mol. The normalized spacial score (nSPS) is 21.4. The van der Waals surface area contributed by atoms with Crippen LogP contribution in [0, 0.1) is 0 Å². The molecule has 0 aliphatic carbocycles. The smallest absolute Gasteiger partial charge is 0.188 e. The fourth-order valence-corrected chi connectivity index (χ4v) is 4.83. The first-order valence-electron chi connectivity index (χ1n) is 11.8. The van der Waals surface area contributed by atoms with Gasteiger partial charge in [0.15, 0.2) is 18.7 Å². The van der Waals surface area contributed by atoms with E-state index in [-0.39, 0.29) is 0 Å². The van der Waals surface area contributed by atoms with Gasteiger partial charge in [0.25, 0.3) is 0 Å². The van der Waals surface area contributed by atoms with Crippen molar-refractivity contribution < 1.29 is 28.4 Å². The second-order valence-electron chi connectivity index (χ2n) is 8.26. The van der Waals surface area contributed by atoms with E-state index in [1.165, 1.54) is 0 Å². The van der Waals surface area contributed by atoms with Crippen LogP contribution >= 0.6 is 0 Å². The van der Waals surface area contributed by atoms with Crippen LogP contribution in [0.4, 0.5) is 0 Å². The van der Waals surface area contributed by atoms with Crippen molar-refractivity contribution in [2.75, 3.05) is 19.8 Å². The van der Waals surface area contributed by atoms with Crippen LogP contribution in [-0.4, -0.2) is 24.7 Å². The van der Waals surface area contributed by atoms with Crippen LogP contribution in [0.15, 0.2) is 54.6 Å². The summed E-state index contributed by atoms with van der Waals surface area (Å²) in [4.78, 5) is 2.12. The van der Waals surface area contributed by atoms with Crippen molar-refractivity contribution in [2.24, 2.45) is 0 Å². The molecule has 3 aliphatic heterocycles. The molecule has 3 aliphatic rings. The first-order valence-corrected chi connectivity index (χ1v) is 11.8. The predicted molar refractivity (Wildman–Crippen MR) is 125 cm³/mol. The van der Waals surface area contributed by atoms with Gasteiger partial charge >= 0.3 is 0 Å². The molecule has 3 atom stereocenters. The molecule has 0 unspecified atom stereocenters. The summed E-state index contributed by atoms with van der Waals surface area (Å²) in [5, 5.41) is 0. The number of ether oxygens (including phenoxy) is 6. The van der Waals surface area contributed by atoms with Crippen molar-refractivity contribution in [1.82, 2.24) is 4.90 Å². The maximum absolute atomic E-state index is 6.58. The third kappa shape index (κ3) is 3.30. The molecule has 0 N–H and O–H groups in total. The Balaban J connectivity index is 1.51. The average molecular weight is 462 g/mol. The SMILES string of the molecule is CCOc1ccc2c(c1)[C@H]1Oc3ccc(OCC)cc3[C@H]3Oc4ccc(OCC)cc4[C@H](O2)N13. The van der Waals surface area contributed by atoms with Crippen LogP contribution < -0.4 is 28.4 Å². The minimum Gasteiger partial charge on any atom is -0.494 e. The zero-order valence-electron chi connectivity index (χ0n) is 19.4. The highest BCUT2D eigenvalue weighted by Crippen LogP contribution is 2.57. The molecule has 176 valence electrons. The summed E-state index contributed by atoms with van der Waals surface area (Å²) < 4.78 is 37.0. The van der Waals surface area contributed by atoms with Crippen LogP contribution in [0.1, 0.15) is 56.1 Å². The van der Waals surface area contributed by atoms with Crippen molar-refractivity contribution in [3.63, 3.8) is 0 Å². The maximum Gasteiger partial charge on any atom is 0.188 e. The largest absolute Gasteiger partial charge is 0.494 e. The lowest BCUT2D eigenvalue weighted by Gasteiger charge is -2.51. The highest BCUT2D eigenvalue weighted by Gasteiger charge is 2.51. The minimum absolute atomic E-state index is 0.409. The van der Waals surface area contributed by atoms with E-state index in [2.05, 4.69) is 4.90 Å². The van der Waals surface area contributed by atoms with Gasteiger partial charge in [0, 0.05) is 0 Å². The second kappa shape index (κ2) is 8.33.